The number of hydrogen-bond acceptors (Lipinski definition) is 3. The largest absolute Gasteiger partial charge is 0.471 e. The average Bonchev–Trinajstić information content (AvgIpc) is 2.65. The molecule has 0 saturated carbocycles. The van der Waals surface area contributed by atoms with Crippen molar-refractivity contribution in [1.29, 1.82) is 0 Å². The third kappa shape index (κ3) is 8.68. The molecule has 0 radical (unpaired) electrons. The first-order valence-electron chi connectivity index (χ1n) is 9.84. The highest BCUT2D eigenvalue weighted by Crippen LogP contribution is 2.16. The average molecular weight is 412 g/mol. The normalized spacial score (nSPS) is 19.5. The van der Waals surface area contributed by atoms with Crippen LogP contribution in [0.3, 0.4) is 0 Å². The van der Waals surface area contributed by atoms with Gasteiger partial charge in [-0.1, -0.05) is 55.3 Å². The number of carbonyl (C=O) groups is 2. The van der Waals surface area contributed by atoms with Crippen molar-refractivity contribution in [3.8, 4) is 0 Å². The Bertz CT molecular complexity index is 677. The highest BCUT2D eigenvalue weighted by Gasteiger charge is 2.40. The smallest absolute Gasteiger partial charge is 0.372 e. The molecule has 160 valence electrons. The quantitative estimate of drug-likeness (QED) is 0.509. The SMILES string of the molecule is O=C(NCCOC1/C=C\CCCCC1)[C@H](Cc1ccccc1)NC(=O)C(F)(F)F. The van der Waals surface area contributed by atoms with E-state index in [1.807, 2.05) is 6.08 Å². The van der Waals surface area contributed by atoms with Gasteiger partial charge >= 0.3 is 12.1 Å². The number of hydrogen-bond donors (Lipinski definition) is 2. The Balaban J connectivity index is 1.86. The fourth-order valence-corrected chi connectivity index (χ4v) is 3.07. The van der Waals surface area contributed by atoms with Crippen molar-refractivity contribution < 1.29 is 27.5 Å². The second-order valence-corrected chi connectivity index (χ2v) is 6.98. The van der Waals surface area contributed by atoms with E-state index in [0.29, 0.717) is 5.56 Å². The van der Waals surface area contributed by atoms with Gasteiger partial charge in [0.25, 0.3) is 0 Å². The summed E-state index contributed by atoms with van der Waals surface area (Å²) >= 11 is 0. The molecule has 1 aliphatic carbocycles. The van der Waals surface area contributed by atoms with Crippen molar-refractivity contribution in [1.82, 2.24) is 10.6 Å². The summed E-state index contributed by atoms with van der Waals surface area (Å²) in [4.78, 5) is 23.7. The lowest BCUT2D eigenvalue weighted by Crippen LogP contribution is -2.52. The summed E-state index contributed by atoms with van der Waals surface area (Å²) in [5, 5.41) is 4.34. The fraction of sp³-hybridized carbons (Fsp3) is 0.524. The van der Waals surface area contributed by atoms with Crippen molar-refractivity contribution in [3.05, 3.63) is 48.0 Å². The van der Waals surface area contributed by atoms with Crippen LogP contribution in [0.5, 0.6) is 0 Å². The fourth-order valence-electron chi connectivity index (χ4n) is 3.07. The number of nitrogens with one attached hydrogen (secondary N) is 2. The van der Waals surface area contributed by atoms with Gasteiger partial charge in [0, 0.05) is 13.0 Å². The van der Waals surface area contributed by atoms with Crippen LogP contribution < -0.4 is 10.6 Å². The number of allylic oxidation sites excluding steroid dienone is 1. The molecule has 0 heterocycles. The van der Waals surface area contributed by atoms with E-state index in [0.717, 1.165) is 25.7 Å². The van der Waals surface area contributed by atoms with Crippen molar-refractivity contribution >= 4 is 11.8 Å². The molecule has 2 rings (SSSR count). The van der Waals surface area contributed by atoms with Gasteiger partial charge in [0.15, 0.2) is 0 Å². The van der Waals surface area contributed by atoms with Gasteiger partial charge in [-0.2, -0.15) is 13.2 Å². The van der Waals surface area contributed by atoms with E-state index in [2.05, 4.69) is 11.4 Å². The van der Waals surface area contributed by atoms with Crippen LogP contribution in [0.25, 0.3) is 0 Å². The summed E-state index contributed by atoms with van der Waals surface area (Å²) in [6.07, 6.45) is 4.32. The van der Waals surface area contributed by atoms with E-state index in [4.69, 9.17) is 4.74 Å². The lowest BCUT2D eigenvalue weighted by molar-refractivity contribution is -0.174. The lowest BCUT2D eigenvalue weighted by Gasteiger charge is -2.20. The minimum absolute atomic E-state index is 0.0164. The zero-order valence-electron chi connectivity index (χ0n) is 16.2. The van der Waals surface area contributed by atoms with Crippen LogP contribution in [0.15, 0.2) is 42.5 Å². The summed E-state index contributed by atoms with van der Waals surface area (Å²) in [6, 6.07) is 7.23. The van der Waals surface area contributed by atoms with Gasteiger partial charge in [0.1, 0.15) is 6.04 Å². The van der Waals surface area contributed by atoms with Crippen molar-refractivity contribution in [2.45, 2.75) is 56.8 Å². The molecule has 2 N–H and O–H groups in total. The Labute approximate surface area is 168 Å². The Morgan fingerprint density at radius 1 is 1.14 bits per heavy atom. The second-order valence-electron chi connectivity index (χ2n) is 6.98. The number of benzene rings is 1. The number of carbonyl (C=O) groups excluding carboxylic acids is 2. The van der Waals surface area contributed by atoms with Crippen molar-refractivity contribution in [3.63, 3.8) is 0 Å². The maximum absolute atomic E-state index is 12.6. The lowest BCUT2D eigenvalue weighted by atomic mass is 10.0. The monoisotopic (exact) mass is 412 g/mol. The van der Waals surface area contributed by atoms with Crippen LogP contribution in [0, 0.1) is 0 Å². The number of alkyl halides is 3. The number of rotatable bonds is 8. The van der Waals surface area contributed by atoms with Crippen LogP contribution in [0.2, 0.25) is 0 Å². The molecule has 0 saturated heterocycles. The van der Waals surface area contributed by atoms with E-state index in [1.165, 1.54) is 6.42 Å². The van der Waals surface area contributed by atoms with Crippen LogP contribution in [-0.2, 0) is 20.7 Å². The molecule has 1 unspecified atom stereocenters. The van der Waals surface area contributed by atoms with Gasteiger partial charge < -0.3 is 15.4 Å². The van der Waals surface area contributed by atoms with Crippen molar-refractivity contribution in [2.75, 3.05) is 13.2 Å². The zero-order chi connectivity index (χ0) is 21.1. The van der Waals surface area contributed by atoms with Gasteiger partial charge in [-0.3, -0.25) is 9.59 Å². The third-order valence-electron chi connectivity index (χ3n) is 4.61. The van der Waals surface area contributed by atoms with Gasteiger partial charge in [0.2, 0.25) is 5.91 Å². The van der Waals surface area contributed by atoms with E-state index >= 15 is 0 Å². The maximum atomic E-state index is 12.6. The van der Waals surface area contributed by atoms with Crippen LogP contribution in [0.1, 0.15) is 37.7 Å². The minimum atomic E-state index is -5.05. The first-order chi connectivity index (χ1) is 13.9. The molecular formula is C21H27F3N2O3. The van der Waals surface area contributed by atoms with E-state index in [1.54, 1.807) is 35.6 Å². The second kappa shape index (κ2) is 11.6. The molecule has 2 atom stereocenters. The predicted octanol–water partition coefficient (Wildman–Crippen LogP) is 3.30. The standard InChI is InChI=1S/C21H27F3N2O3/c22-21(23,24)20(28)26-18(15-16-9-5-4-6-10-16)19(27)25-13-14-29-17-11-7-2-1-3-8-12-17/h4-7,9-11,17-18H,1-3,8,12-15H2,(H,25,27)(H,26,28)/b11-7-/t17?,18-/m0/s1. The van der Waals surface area contributed by atoms with Crippen LogP contribution >= 0.6 is 0 Å². The van der Waals surface area contributed by atoms with Crippen LogP contribution in [-0.4, -0.2) is 43.3 Å². The van der Waals surface area contributed by atoms with E-state index < -0.39 is 24.0 Å². The Kier molecular flexibility index (Phi) is 9.18. The highest BCUT2D eigenvalue weighted by atomic mass is 19.4. The first-order valence-corrected chi connectivity index (χ1v) is 9.84. The Morgan fingerprint density at radius 3 is 2.62 bits per heavy atom. The van der Waals surface area contributed by atoms with Gasteiger partial charge in [0.05, 0.1) is 12.7 Å². The zero-order valence-corrected chi connectivity index (χ0v) is 16.2. The minimum Gasteiger partial charge on any atom is -0.372 e. The Hall–Kier alpha value is -2.35. The topological polar surface area (TPSA) is 67.4 Å². The van der Waals surface area contributed by atoms with Gasteiger partial charge in [-0.05, 0) is 24.8 Å². The molecule has 1 aromatic rings. The Morgan fingerprint density at radius 2 is 1.90 bits per heavy atom. The first kappa shape index (κ1) is 22.9. The summed E-state index contributed by atoms with van der Waals surface area (Å²) in [5.41, 5.74) is 0.644. The molecule has 0 aromatic heterocycles. The number of halogens is 3. The molecule has 0 aliphatic heterocycles. The summed E-state index contributed by atoms with van der Waals surface area (Å²) in [6.45, 7) is 0.391. The molecule has 5 nitrogen and oxygen atoms in total. The molecule has 29 heavy (non-hydrogen) atoms. The molecule has 0 spiro atoms. The maximum Gasteiger partial charge on any atom is 0.471 e. The molecule has 1 aromatic carbocycles. The van der Waals surface area contributed by atoms with E-state index in [-0.39, 0.29) is 25.7 Å². The molecule has 1 aliphatic rings. The number of amides is 2. The summed E-state index contributed by atoms with van der Waals surface area (Å²) in [7, 11) is 0. The van der Waals surface area contributed by atoms with Crippen molar-refractivity contribution in [2.24, 2.45) is 0 Å². The summed E-state index contributed by atoms with van der Waals surface area (Å²) < 4.78 is 43.6. The summed E-state index contributed by atoms with van der Waals surface area (Å²) in [5.74, 6) is -2.81. The number of ether oxygens (including phenoxy) is 1. The van der Waals surface area contributed by atoms with E-state index in [9.17, 15) is 22.8 Å². The molecule has 0 bridgehead atoms. The highest BCUT2D eigenvalue weighted by molar-refractivity contribution is 5.90. The molecule has 2 amide bonds. The van der Waals surface area contributed by atoms with Crippen LogP contribution in [0.4, 0.5) is 13.2 Å². The molecule has 8 heteroatoms. The molecule has 0 fully saturated rings. The van der Waals surface area contributed by atoms with Gasteiger partial charge in [-0.25, -0.2) is 0 Å². The predicted molar refractivity (Wildman–Crippen MR) is 103 cm³/mol. The third-order valence-corrected chi connectivity index (χ3v) is 4.61. The molecular weight excluding hydrogens is 385 g/mol. The van der Waals surface area contributed by atoms with Gasteiger partial charge in [-0.15, -0.1) is 0 Å².